The van der Waals surface area contributed by atoms with E-state index in [9.17, 15) is 5.11 Å². The highest BCUT2D eigenvalue weighted by Gasteiger charge is 2.46. The van der Waals surface area contributed by atoms with Gasteiger partial charge in [-0.2, -0.15) is 0 Å². The smallest absolute Gasteiger partial charge is 0.231 e. The van der Waals surface area contributed by atoms with E-state index in [0.29, 0.717) is 57.8 Å². The summed E-state index contributed by atoms with van der Waals surface area (Å²) < 4.78 is 41.5. The fourth-order valence-electron chi connectivity index (χ4n) is 5.26. The molecule has 1 heterocycles. The van der Waals surface area contributed by atoms with Crippen LogP contribution >= 0.6 is 0 Å². The Labute approximate surface area is 216 Å². The summed E-state index contributed by atoms with van der Waals surface area (Å²) in [7, 11) is 6.29. The predicted octanol–water partition coefficient (Wildman–Crippen LogP) is 5.18. The topological polar surface area (TPSA) is 84.8 Å². The first-order valence-corrected chi connectivity index (χ1v) is 12.1. The van der Waals surface area contributed by atoms with Crippen LogP contribution in [0.5, 0.6) is 40.2 Å². The summed E-state index contributed by atoms with van der Waals surface area (Å²) in [5.41, 5.74) is 1.71. The largest absolute Gasteiger partial charge is 0.493 e. The molecule has 3 aromatic carbocycles. The van der Waals surface area contributed by atoms with Crippen molar-refractivity contribution in [3.63, 3.8) is 0 Å². The Balaban J connectivity index is 1.91. The van der Waals surface area contributed by atoms with Crippen LogP contribution in [-0.2, 0) is 6.42 Å². The molecule has 0 radical (unpaired) electrons. The van der Waals surface area contributed by atoms with Crippen molar-refractivity contribution < 1.29 is 38.3 Å². The Hall–Kier alpha value is -3.78. The fraction of sp³-hybridized carbons (Fsp3) is 0.379. The van der Waals surface area contributed by atoms with Crippen molar-refractivity contribution in [2.45, 2.75) is 32.0 Å². The number of benzene rings is 3. The van der Waals surface area contributed by atoms with Crippen LogP contribution in [0.1, 0.15) is 31.1 Å². The number of aliphatic hydroxyl groups is 1. The van der Waals surface area contributed by atoms with Crippen molar-refractivity contribution in [3.8, 4) is 51.4 Å². The molecule has 8 heteroatoms. The van der Waals surface area contributed by atoms with E-state index in [1.807, 2.05) is 49.4 Å². The van der Waals surface area contributed by atoms with E-state index in [2.05, 4.69) is 0 Å². The predicted molar refractivity (Wildman–Crippen MR) is 138 cm³/mol. The first kappa shape index (κ1) is 24.9. The lowest BCUT2D eigenvalue weighted by Crippen LogP contribution is -2.44. The Kier molecular flexibility index (Phi) is 6.45. The molecule has 0 fully saturated rings. The second kappa shape index (κ2) is 9.59. The summed E-state index contributed by atoms with van der Waals surface area (Å²) in [5, 5.41) is 12.1. The lowest BCUT2D eigenvalue weighted by molar-refractivity contribution is -0.0871. The second-order valence-corrected chi connectivity index (χ2v) is 9.43. The zero-order chi connectivity index (χ0) is 26.3. The van der Waals surface area contributed by atoms with Gasteiger partial charge in [0, 0.05) is 16.7 Å². The maximum atomic E-state index is 12.1. The summed E-state index contributed by atoms with van der Waals surface area (Å²) in [6.07, 6.45) is -0.280. The number of para-hydroxylation sites is 1. The quantitative estimate of drug-likeness (QED) is 0.488. The number of rotatable bonds is 6. The van der Waals surface area contributed by atoms with Gasteiger partial charge in [-0.15, -0.1) is 0 Å². The van der Waals surface area contributed by atoms with Crippen LogP contribution in [0.4, 0.5) is 0 Å². The third kappa shape index (κ3) is 3.96. The standard InChI is InChI=1S/C29H32O8/c1-16-12-17-13-21-25(36-15-35-21)26(33-5)22(17)23-19(14-20(31-3)24(32-4)27(23)34-6)28(29(16,2)30)37-18-10-8-7-9-11-18/h7-11,13-14,16,28,30H,12,15H2,1-6H3/t16-,28-,29-/m0/s1. The molecule has 8 nitrogen and oxygen atoms in total. The van der Waals surface area contributed by atoms with Gasteiger partial charge in [0.05, 0.1) is 28.4 Å². The van der Waals surface area contributed by atoms with Crippen molar-refractivity contribution in [2.75, 3.05) is 35.2 Å². The number of hydrogen-bond donors (Lipinski definition) is 1. The van der Waals surface area contributed by atoms with Gasteiger partial charge < -0.3 is 38.3 Å². The van der Waals surface area contributed by atoms with Crippen LogP contribution in [0.15, 0.2) is 42.5 Å². The molecule has 37 heavy (non-hydrogen) atoms. The van der Waals surface area contributed by atoms with Crippen LogP contribution in [-0.4, -0.2) is 45.9 Å². The highest BCUT2D eigenvalue weighted by Crippen LogP contribution is 2.59. The Bertz CT molecular complexity index is 1300. The van der Waals surface area contributed by atoms with Gasteiger partial charge in [0.15, 0.2) is 29.1 Å². The van der Waals surface area contributed by atoms with E-state index in [4.69, 9.17) is 33.2 Å². The highest BCUT2D eigenvalue weighted by atomic mass is 16.7. The molecule has 5 rings (SSSR count). The summed E-state index contributed by atoms with van der Waals surface area (Å²) in [4.78, 5) is 0. The van der Waals surface area contributed by atoms with Gasteiger partial charge >= 0.3 is 0 Å². The molecular weight excluding hydrogens is 476 g/mol. The van der Waals surface area contributed by atoms with Gasteiger partial charge in [-0.25, -0.2) is 0 Å². The third-order valence-corrected chi connectivity index (χ3v) is 7.35. The van der Waals surface area contributed by atoms with E-state index in [1.54, 1.807) is 35.4 Å². The highest BCUT2D eigenvalue weighted by molar-refractivity contribution is 5.89. The molecule has 0 bridgehead atoms. The van der Waals surface area contributed by atoms with Gasteiger partial charge in [-0.05, 0) is 49.1 Å². The molecule has 0 spiro atoms. The molecule has 1 aliphatic carbocycles. The third-order valence-electron chi connectivity index (χ3n) is 7.35. The van der Waals surface area contributed by atoms with Crippen LogP contribution in [0.2, 0.25) is 0 Å². The van der Waals surface area contributed by atoms with Crippen molar-refractivity contribution in [2.24, 2.45) is 5.92 Å². The normalized spacial score (nSPS) is 21.7. The van der Waals surface area contributed by atoms with E-state index >= 15 is 0 Å². The molecule has 196 valence electrons. The minimum absolute atomic E-state index is 0.0948. The van der Waals surface area contributed by atoms with Gasteiger partial charge in [0.2, 0.25) is 18.3 Å². The molecule has 3 aromatic rings. The number of fused-ring (bicyclic) bond motifs is 4. The molecule has 0 amide bonds. The van der Waals surface area contributed by atoms with Crippen molar-refractivity contribution in [3.05, 3.63) is 53.6 Å². The minimum atomic E-state index is -1.30. The second-order valence-electron chi connectivity index (χ2n) is 9.43. The maximum absolute atomic E-state index is 12.1. The van der Waals surface area contributed by atoms with E-state index < -0.39 is 11.7 Å². The SMILES string of the molecule is COc1cc2c(c(OC)c1OC)-c1c(cc3c(c1OC)OCO3)C[C@H](C)[C@](C)(O)[C@H]2Oc1ccccc1. The van der Waals surface area contributed by atoms with Crippen LogP contribution < -0.4 is 33.2 Å². The molecular formula is C29H32O8. The first-order chi connectivity index (χ1) is 17.8. The summed E-state index contributed by atoms with van der Waals surface area (Å²) in [5.74, 6) is 3.33. The van der Waals surface area contributed by atoms with E-state index in [1.165, 1.54) is 0 Å². The lowest BCUT2D eigenvalue weighted by atomic mass is 9.73. The molecule has 0 unspecified atom stereocenters. The zero-order valence-electron chi connectivity index (χ0n) is 21.9. The minimum Gasteiger partial charge on any atom is -0.493 e. The Morgan fingerprint density at radius 3 is 2.22 bits per heavy atom. The van der Waals surface area contributed by atoms with Crippen molar-refractivity contribution >= 4 is 0 Å². The average molecular weight is 509 g/mol. The summed E-state index contributed by atoms with van der Waals surface area (Å²) in [6, 6.07) is 13.2. The maximum Gasteiger partial charge on any atom is 0.231 e. The van der Waals surface area contributed by atoms with Gasteiger partial charge in [-0.3, -0.25) is 0 Å². The van der Waals surface area contributed by atoms with Crippen molar-refractivity contribution in [1.29, 1.82) is 0 Å². The molecule has 1 aliphatic heterocycles. The Morgan fingerprint density at radius 1 is 0.865 bits per heavy atom. The van der Waals surface area contributed by atoms with Gasteiger partial charge in [0.25, 0.3) is 0 Å². The van der Waals surface area contributed by atoms with Crippen LogP contribution in [0.25, 0.3) is 11.1 Å². The molecule has 0 saturated heterocycles. The fourth-order valence-corrected chi connectivity index (χ4v) is 5.26. The Morgan fingerprint density at radius 2 is 1.57 bits per heavy atom. The van der Waals surface area contributed by atoms with Gasteiger partial charge in [0.1, 0.15) is 11.4 Å². The van der Waals surface area contributed by atoms with Crippen LogP contribution in [0.3, 0.4) is 0 Å². The number of methoxy groups -OCH3 is 4. The molecule has 0 saturated carbocycles. The first-order valence-electron chi connectivity index (χ1n) is 12.1. The lowest BCUT2D eigenvalue weighted by Gasteiger charge is -2.41. The van der Waals surface area contributed by atoms with E-state index in [0.717, 1.165) is 11.1 Å². The summed E-state index contributed by atoms with van der Waals surface area (Å²) in [6.45, 7) is 3.90. The van der Waals surface area contributed by atoms with Crippen LogP contribution in [0, 0.1) is 5.92 Å². The van der Waals surface area contributed by atoms with Crippen molar-refractivity contribution in [1.82, 2.24) is 0 Å². The summed E-state index contributed by atoms with van der Waals surface area (Å²) >= 11 is 0. The van der Waals surface area contributed by atoms with Gasteiger partial charge in [-0.1, -0.05) is 25.1 Å². The molecule has 2 aliphatic rings. The number of ether oxygens (including phenoxy) is 7. The number of hydrogen-bond acceptors (Lipinski definition) is 8. The molecule has 0 aromatic heterocycles. The average Bonchev–Trinajstić information content (AvgIpc) is 3.38. The molecule has 3 atom stereocenters. The molecule has 1 N–H and O–H groups in total. The zero-order valence-corrected chi connectivity index (χ0v) is 21.9. The van der Waals surface area contributed by atoms with E-state index in [-0.39, 0.29) is 12.7 Å². The monoisotopic (exact) mass is 508 g/mol.